The Kier molecular flexibility index (Phi) is 20.4. The minimum absolute atomic E-state index is 0. The summed E-state index contributed by atoms with van der Waals surface area (Å²) >= 11 is 0. The quantitative estimate of drug-likeness (QED) is 0.205. The molecule has 2 amide bonds. The van der Waals surface area contributed by atoms with Crippen molar-refractivity contribution in [3.63, 3.8) is 0 Å². The van der Waals surface area contributed by atoms with Crippen LogP contribution in [-0.2, 0) is 29.8 Å². The molecule has 28 heavy (non-hydrogen) atoms. The Morgan fingerprint density at radius 2 is 0.964 bits per heavy atom. The molecule has 14 heteroatoms. The van der Waals surface area contributed by atoms with Crippen molar-refractivity contribution in [2.45, 2.75) is 38.4 Å². The predicted molar refractivity (Wildman–Crippen MR) is 93.3 cm³/mol. The summed E-state index contributed by atoms with van der Waals surface area (Å²) < 4.78 is 63.7. The van der Waals surface area contributed by atoms with Gasteiger partial charge in [0.05, 0.1) is 0 Å². The summed E-state index contributed by atoms with van der Waals surface area (Å²) in [5, 5.41) is 1.32. The van der Waals surface area contributed by atoms with E-state index < -0.39 is 54.6 Å². The molecule has 0 aromatic carbocycles. The summed E-state index contributed by atoms with van der Waals surface area (Å²) in [6, 6.07) is 0. The van der Waals surface area contributed by atoms with Crippen molar-refractivity contribution in [2.75, 3.05) is 0 Å². The first-order chi connectivity index (χ1) is 11.6. The van der Waals surface area contributed by atoms with Gasteiger partial charge in [0.15, 0.2) is 0 Å². The minimum Gasteiger partial charge on any atom is -0.746 e. The maximum atomic E-state index is 10.7. The fraction of sp³-hybridized carbons (Fsp3) is 0.571. The number of hydrogen-bond donors (Lipinski definition) is 2. The van der Waals surface area contributed by atoms with E-state index in [4.69, 9.17) is 0 Å². The van der Waals surface area contributed by atoms with Crippen molar-refractivity contribution < 1.29 is 94.6 Å². The van der Waals surface area contributed by atoms with Gasteiger partial charge < -0.3 is 19.7 Å². The molecule has 0 heterocycles. The number of hydrogen-bond acceptors (Lipinski definition) is 8. The van der Waals surface area contributed by atoms with Gasteiger partial charge in [0.2, 0.25) is 11.8 Å². The Hall–Kier alpha value is 0.240. The summed E-state index contributed by atoms with van der Waals surface area (Å²) in [4.78, 5) is 21.5. The van der Waals surface area contributed by atoms with Crippen molar-refractivity contribution in [2.24, 2.45) is 11.8 Å². The molecule has 0 saturated heterocycles. The first-order valence-corrected chi connectivity index (χ1v) is 10.3. The zero-order valence-electron chi connectivity index (χ0n) is 17.0. The summed E-state index contributed by atoms with van der Waals surface area (Å²) in [5.41, 5.74) is 0. The normalized spacial score (nSPS) is 12.9. The number of carbonyl (C=O) groups excluding carboxylic acids is 2. The largest absolute Gasteiger partial charge is 1.00 e. The van der Waals surface area contributed by atoms with Gasteiger partial charge >= 0.3 is 59.1 Å². The van der Waals surface area contributed by atoms with Crippen molar-refractivity contribution in [3.8, 4) is 0 Å². The molecule has 0 spiro atoms. The zero-order chi connectivity index (χ0) is 21.3. The van der Waals surface area contributed by atoms with Gasteiger partial charge in [0.25, 0.3) is 0 Å². The standard InChI is InChI=1S/2C7H13NO4S.2Na/c2*1-4-6(9)8-7(5(2)3)13(10,11)12;;/h2*4-5,7H,1H2,2-3H3,(H,8,9)(H,10,11,12);;/q;;2*+1/p-2. The Balaban J connectivity index is -0.000000192. The molecule has 0 aromatic heterocycles. The molecule has 0 radical (unpaired) electrons. The average Bonchev–Trinajstić information content (AvgIpc) is 2.47. The number of nitrogens with one attached hydrogen (secondary N) is 2. The number of carbonyl (C=O) groups is 2. The van der Waals surface area contributed by atoms with E-state index in [0.717, 1.165) is 12.2 Å². The van der Waals surface area contributed by atoms with Crippen molar-refractivity contribution in [1.82, 2.24) is 10.6 Å². The molecule has 0 aliphatic carbocycles. The molecule has 2 N–H and O–H groups in total. The van der Waals surface area contributed by atoms with Gasteiger partial charge in [0.1, 0.15) is 31.0 Å². The summed E-state index contributed by atoms with van der Waals surface area (Å²) in [6.45, 7) is 12.4. The smallest absolute Gasteiger partial charge is 0.746 e. The Labute approximate surface area is 211 Å². The molecule has 0 fully saturated rings. The maximum Gasteiger partial charge on any atom is 1.00 e. The van der Waals surface area contributed by atoms with Crippen LogP contribution in [0.3, 0.4) is 0 Å². The van der Waals surface area contributed by atoms with E-state index in [9.17, 15) is 35.5 Å². The van der Waals surface area contributed by atoms with Crippen molar-refractivity contribution in [1.29, 1.82) is 0 Å². The van der Waals surface area contributed by atoms with E-state index in [1.54, 1.807) is 0 Å². The van der Waals surface area contributed by atoms with E-state index >= 15 is 0 Å². The zero-order valence-corrected chi connectivity index (χ0v) is 22.6. The van der Waals surface area contributed by atoms with Crippen LogP contribution < -0.4 is 69.7 Å². The number of amides is 2. The fourth-order valence-corrected chi connectivity index (χ4v) is 3.40. The third kappa shape index (κ3) is 16.1. The molecule has 0 bridgehead atoms. The molecule has 0 rings (SSSR count). The molecule has 152 valence electrons. The second kappa shape index (κ2) is 16.0. The molecule has 2 unspecified atom stereocenters. The van der Waals surface area contributed by atoms with E-state index in [-0.39, 0.29) is 59.1 Å². The SMILES string of the molecule is C=CC(=O)NC(C(C)C)S(=O)(=O)[O-].C=CC(=O)NC(C(C)C)S(=O)(=O)[O-].[Na+].[Na+]. The Morgan fingerprint density at radius 3 is 1.07 bits per heavy atom. The van der Waals surface area contributed by atoms with Gasteiger partial charge in [-0.2, -0.15) is 0 Å². The van der Waals surface area contributed by atoms with Crippen LogP contribution in [0.5, 0.6) is 0 Å². The van der Waals surface area contributed by atoms with Gasteiger partial charge in [-0.25, -0.2) is 16.8 Å². The van der Waals surface area contributed by atoms with Gasteiger partial charge in [-0.3, -0.25) is 9.59 Å². The summed E-state index contributed by atoms with van der Waals surface area (Å²) in [5.74, 6) is -2.27. The molecule has 10 nitrogen and oxygen atoms in total. The summed E-state index contributed by atoms with van der Waals surface area (Å²) in [6.07, 6.45) is 1.83. The molecule has 0 aliphatic heterocycles. The van der Waals surface area contributed by atoms with Gasteiger partial charge in [-0.05, 0) is 24.0 Å². The molecule has 0 saturated carbocycles. The third-order valence-electron chi connectivity index (χ3n) is 2.77. The monoisotopic (exact) mass is 458 g/mol. The van der Waals surface area contributed by atoms with E-state index in [1.807, 2.05) is 10.6 Å². The van der Waals surface area contributed by atoms with E-state index in [2.05, 4.69) is 13.2 Å². The second-order valence-corrected chi connectivity index (χ2v) is 8.73. The van der Waals surface area contributed by atoms with Crippen LogP contribution in [0.25, 0.3) is 0 Å². The Morgan fingerprint density at radius 1 is 0.750 bits per heavy atom. The first-order valence-electron chi connectivity index (χ1n) is 7.33. The Bertz CT molecular complexity index is 660. The summed E-state index contributed by atoms with van der Waals surface area (Å²) in [7, 11) is -9.00. The first kappa shape index (κ1) is 35.7. The maximum absolute atomic E-state index is 10.7. The topological polar surface area (TPSA) is 173 Å². The van der Waals surface area contributed by atoms with Crippen LogP contribution in [-0.4, -0.2) is 48.5 Å². The van der Waals surface area contributed by atoms with Crippen molar-refractivity contribution in [3.05, 3.63) is 25.3 Å². The van der Waals surface area contributed by atoms with Gasteiger partial charge in [-0.15, -0.1) is 0 Å². The molecular weight excluding hydrogens is 434 g/mol. The van der Waals surface area contributed by atoms with Crippen LogP contribution in [0.1, 0.15) is 27.7 Å². The average molecular weight is 458 g/mol. The van der Waals surface area contributed by atoms with Crippen molar-refractivity contribution >= 4 is 32.1 Å². The molecular formula is C14H24N2Na2O8S2. The predicted octanol–water partition coefficient (Wildman–Crippen LogP) is -6.36. The van der Waals surface area contributed by atoms with Crippen LogP contribution in [0.4, 0.5) is 0 Å². The van der Waals surface area contributed by atoms with Crippen LogP contribution in [0.2, 0.25) is 0 Å². The van der Waals surface area contributed by atoms with E-state index in [0.29, 0.717) is 0 Å². The molecule has 0 aromatic rings. The minimum atomic E-state index is -4.50. The third-order valence-corrected chi connectivity index (χ3v) is 5.34. The molecule has 0 aliphatic rings. The number of rotatable bonds is 8. The van der Waals surface area contributed by atoms with Crippen LogP contribution in [0, 0.1) is 11.8 Å². The second-order valence-electron chi connectivity index (χ2n) is 5.74. The van der Waals surface area contributed by atoms with Crippen LogP contribution >= 0.6 is 0 Å². The van der Waals surface area contributed by atoms with Crippen LogP contribution in [0.15, 0.2) is 25.3 Å². The van der Waals surface area contributed by atoms with Gasteiger partial charge in [0, 0.05) is 0 Å². The fourth-order valence-electron chi connectivity index (χ4n) is 1.54. The van der Waals surface area contributed by atoms with Gasteiger partial charge in [-0.1, -0.05) is 40.9 Å². The van der Waals surface area contributed by atoms with E-state index in [1.165, 1.54) is 27.7 Å². The molecule has 2 atom stereocenters.